The molecule has 0 amide bonds. The Labute approximate surface area is 109 Å². The lowest BCUT2D eigenvalue weighted by Crippen LogP contribution is -2.43. The standard InChI is InChI=1S/C15H30OSi/c1-8-10-12-14(13-11-9-2)16-17(6,7)15(3,4)5/h8-9,14H,1-2,10-13H2,3-7H3. The molecule has 0 radical (unpaired) electrons. The van der Waals surface area contributed by atoms with Crippen molar-refractivity contribution in [2.45, 2.75) is 70.7 Å². The zero-order valence-corrected chi connectivity index (χ0v) is 13.4. The smallest absolute Gasteiger partial charge is 0.192 e. The highest BCUT2D eigenvalue weighted by molar-refractivity contribution is 6.74. The van der Waals surface area contributed by atoms with E-state index in [2.05, 4.69) is 47.0 Å². The molecular weight excluding hydrogens is 224 g/mol. The second-order valence-electron chi connectivity index (χ2n) is 6.23. The van der Waals surface area contributed by atoms with Crippen LogP contribution in [0.25, 0.3) is 0 Å². The Morgan fingerprint density at radius 2 is 1.47 bits per heavy atom. The minimum atomic E-state index is -1.64. The minimum Gasteiger partial charge on any atom is -0.414 e. The molecule has 0 aromatic heterocycles. The lowest BCUT2D eigenvalue weighted by Gasteiger charge is -2.39. The van der Waals surface area contributed by atoms with E-state index in [4.69, 9.17) is 4.43 Å². The molecule has 0 N–H and O–H groups in total. The summed E-state index contributed by atoms with van der Waals surface area (Å²) < 4.78 is 6.45. The van der Waals surface area contributed by atoms with E-state index >= 15 is 0 Å². The van der Waals surface area contributed by atoms with Gasteiger partial charge in [0, 0.05) is 6.10 Å². The number of rotatable bonds is 8. The van der Waals surface area contributed by atoms with Crippen molar-refractivity contribution < 1.29 is 4.43 Å². The van der Waals surface area contributed by atoms with Crippen molar-refractivity contribution in [3.05, 3.63) is 25.3 Å². The van der Waals surface area contributed by atoms with Crippen molar-refractivity contribution in [3.63, 3.8) is 0 Å². The predicted octanol–water partition coefficient (Wildman–Crippen LogP) is 5.31. The Kier molecular flexibility index (Phi) is 7.03. The Bertz CT molecular complexity index is 226. The molecule has 0 saturated carbocycles. The SMILES string of the molecule is C=CCCC(CCC=C)O[Si](C)(C)C(C)(C)C. The number of allylic oxidation sites excluding steroid dienone is 2. The molecule has 0 aliphatic heterocycles. The molecule has 17 heavy (non-hydrogen) atoms. The normalized spacial score (nSPS) is 12.8. The molecule has 0 spiro atoms. The molecule has 0 aromatic carbocycles. The summed E-state index contributed by atoms with van der Waals surface area (Å²) in [5, 5.41) is 0.285. The highest BCUT2D eigenvalue weighted by Gasteiger charge is 2.38. The summed E-state index contributed by atoms with van der Waals surface area (Å²) in [5.41, 5.74) is 0. The van der Waals surface area contributed by atoms with Crippen LogP contribution in [-0.4, -0.2) is 14.4 Å². The van der Waals surface area contributed by atoms with Crippen LogP contribution in [0.4, 0.5) is 0 Å². The second-order valence-corrected chi connectivity index (χ2v) is 11.0. The third kappa shape index (κ3) is 6.23. The first-order valence-electron chi connectivity index (χ1n) is 6.64. The van der Waals surface area contributed by atoms with Gasteiger partial charge in [-0.15, -0.1) is 13.2 Å². The van der Waals surface area contributed by atoms with Crippen molar-refractivity contribution in [3.8, 4) is 0 Å². The first kappa shape index (κ1) is 16.7. The molecule has 2 heteroatoms. The van der Waals surface area contributed by atoms with Crippen LogP contribution >= 0.6 is 0 Å². The van der Waals surface area contributed by atoms with E-state index in [1.54, 1.807) is 0 Å². The van der Waals surface area contributed by atoms with Gasteiger partial charge < -0.3 is 4.43 Å². The summed E-state index contributed by atoms with van der Waals surface area (Å²) in [6.07, 6.45) is 8.58. The van der Waals surface area contributed by atoms with Gasteiger partial charge in [-0.05, 0) is 43.8 Å². The average Bonchev–Trinajstić information content (AvgIpc) is 2.20. The summed E-state index contributed by atoms with van der Waals surface area (Å²) in [6.45, 7) is 19.1. The molecule has 0 saturated heterocycles. The fourth-order valence-electron chi connectivity index (χ4n) is 1.46. The lowest BCUT2D eigenvalue weighted by molar-refractivity contribution is 0.163. The number of hydrogen-bond donors (Lipinski definition) is 0. The third-order valence-electron chi connectivity index (χ3n) is 3.65. The average molecular weight is 254 g/mol. The van der Waals surface area contributed by atoms with Gasteiger partial charge in [-0.2, -0.15) is 0 Å². The Morgan fingerprint density at radius 3 is 1.76 bits per heavy atom. The fraction of sp³-hybridized carbons (Fsp3) is 0.733. The summed E-state index contributed by atoms with van der Waals surface area (Å²) in [4.78, 5) is 0. The molecule has 100 valence electrons. The maximum absolute atomic E-state index is 6.45. The predicted molar refractivity (Wildman–Crippen MR) is 80.9 cm³/mol. The van der Waals surface area contributed by atoms with E-state index in [-0.39, 0.29) is 5.04 Å². The molecule has 0 fully saturated rings. The van der Waals surface area contributed by atoms with Crippen molar-refractivity contribution in [1.29, 1.82) is 0 Å². The summed E-state index contributed by atoms with van der Waals surface area (Å²) in [6, 6.07) is 0. The first-order valence-corrected chi connectivity index (χ1v) is 9.55. The van der Waals surface area contributed by atoms with Gasteiger partial charge >= 0.3 is 0 Å². The van der Waals surface area contributed by atoms with Gasteiger partial charge in [0.25, 0.3) is 0 Å². The van der Waals surface area contributed by atoms with Crippen LogP contribution in [0.1, 0.15) is 46.5 Å². The highest BCUT2D eigenvalue weighted by Crippen LogP contribution is 2.38. The lowest BCUT2D eigenvalue weighted by atomic mass is 10.1. The fourth-order valence-corrected chi connectivity index (χ4v) is 2.89. The van der Waals surface area contributed by atoms with Crippen LogP contribution in [0.15, 0.2) is 25.3 Å². The molecule has 0 bridgehead atoms. The quantitative estimate of drug-likeness (QED) is 0.421. The molecular formula is C15H30OSi. The minimum absolute atomic E-state index is 0.285. The molecule has 0 unspecified atom stereocenters. The third-order valence-corrected chi connectivity index (χ3v) is 8.19. The Hall–Kier alpha value is -0.343. The van der Waals surface area contributed by atoms with Crippen LogP contribution in [0.5, 0.6) is 0 Å². The Morgan fingerprint density at radius 1 is 1.06 bits per heavy atom. The van der Waals surface area contributed by atoms with Gasteiger partial charge in [0.2, 0.25) is 0 Å². The monoisotopic (exact) mass is 254 g/mol. The molecule has 0 aliphatic carbocycles. The largest absolute Gasteiger partial charge is 0.414 e. The van der Waals surface area contributed by atoms with Gasteiger partial charge in [-0.1, -0.05) is 32.9 Å². The molecule has 0 heterocycles. The van der Waals surface area contributed by atoms with Gasteiger partial charge in [-0.3, -0.25) is 0 Å². The maximum atomic E-state index is 6.45. The second kappa shape index (κ2) is 7.17. The van der Waals surface area contributed by atoms with Gasteiger partial charge in [0.1, 0.15) is 0 Å². The van der Waals surface area contributed by atoms with Gasteiger partial charge in [0.05, 0.1) is 0 Å². The summed E-state index contributed by atoms with van der Waals surface area (Å²) in [5.74, 6) is 0. The van der Waals surface area contributed by atoms with E-state index in [9.17, 15) is 0 Å². The highest BCUT2D eigenvalue weighted by atomic mass is 28.4. The summed E-state index contributed by atoms with van der Waals surface area (Å²) in [7, 11) is -1.64. The molecule has 0 aromatic rings. The van der Waals surface area contributed by atoms with Crippen LogP contribution in [0, 0.1) is 0 Å². The molecule has 1 nitrogen and oxygen atoms in total. The van der Waals surface area contributed by atoms with Crippen molar-refractivity contribution >= 4 is 8.32 Å². The molecule has 0 rings (SSSR count). The van der Waals surface area contributed by atoms with Crippen molar-refractivity contribution in [2.24, 2.45) is 0 Å². The zero-order valence-electron chi connectivity index (χ0n) is 12.4. The van der Waals surface area contributed by atoms with Gasteiger partial charge in [0.15, 0.2) is 8.32 Å². The first-order chi connectivity index (χ1) is 7.74. The zero-order chi connectivity index (χ0) is 13.5. The van der Waals surface area contributed by atoms with E-state index < -0.39 is 8.32 Å². The van der Waals surface area contributed by atoms with E-state index in [0.717, 1.165) is 25.7 Å². The maximum Gasteiger partial charge on any atom is 0.192 e. The van der Waals surface area contributed by atoms with E-state index in [0.29, 0.717) is 6.10 Å². The van der Waals surface area contributed by atoms with E-state index in [1.807, 2.05) is 12.2 Å². The van der Waals surface area contributed by atoms with Crippen molar-refractivity contribution in [2.75, 3.05) is 0 Å². The molecule has 0 aliphatic rings. The summed E-state index contributed by atoms with van der Waals surface area (Å²) >= 11 is 0. The van der Waals surface area contributed by atoms with Crippen LogP contribution in [0.2, 0.25) is 18.1 Å². The topological polar surface area (TPSA) is 9.23 Å². The van der Waals surface area contributed by atoms with Crippen LogP contribution in [0.3, 0.4) is 0 Å². The van der Waals surface area contributed by atoms with Crippen LogP contribution in [-0.2, 0) is 4.43 Å². The van der Waals surface area contributed by atoms with Crippen molar-refractivity contribution in [1.82, 2.24) is 0 Å². The van der Waals surface area contributed by atoms with Crippen LogP contribution < -0.4 is 0 Å². The van der Waals surface area contributed by atoms with Gasteiger partial charge in [-0.25, -0.2) is 0 Å². The molecule has 0 atom stereocenters. The van der Waals surface area contributed by atoms with E-state index in [1.165, 1.54) is 0 Å². The number of hydrogen-bond acceptors (Lipinski definition) is 1. The Balaban J connectivity index is 4.49.